The van der Waals surface area contributed by atoms with E-state index in [1.54, 1.807) is 13.0 Å². The van der Waals surface area contributed by atoms with E-state index in [0.717, 1.165) is 11.1 Å². The molecule has 1 aliphatic heterocycles. The Labute approximate surface area is 198 Å². The number of piperidine rings is 1. The number of esters is 1. The minimum absolute atomic E-state index is 0.0335. The zero-order chi connectivity index (χ0) is 24.1. The van der Waals surface area contributed by atoms with Crippen molar-refractivity contribution in [2.75, 3.05) is 7.11 Å². The summed E-state index contributed by atoms with van der Waals surface area (Å²) in [7, 11) is 1.31. The normalized spacial score (nSPS) is 17.9. The number of carbonyl (C=O) groups is 3. The number of nitrogens with one attached hydrogen (secondary N) is 1. The predicted octanol–water partition coefficient (Wildman–Crippen LogP) is 4.17. The van der Waals surface area contributed by atoms with Crippen molar-refractivity contribution in [1.29, 1.82) is 0 Å². The Morgan fingerprint density at radius 3 is 2.44 bits per heavy atom. The van der Waals surface area contributed by atoms with Gasteiger partial charge < -0.3 is 19.4 Å². The maximum atomic E-state index is 13.4. The molecule has 0 aliphatic carbocycles. The van der Waals surface area contributed by atoms with E-state index >= 15 is 0 Å². The summed E-state index contributed by atoms with van der Waals surface area (Å²) in [6, 6.07) is 20.7. The van der Waals surface area contributed by atoms with Gasteiger partial charge in [0.1, 0.15) is 17.1 Å². The fraction of sp³-hybridized carbons (Fsp3) is 0.296. The number of benzene rings is 2. The lowest BCUT2D eigenvalue weighted by Gasteiger charge is -2.41. The van der Waals surface area contributed by atoms with Crippen LogP contribution < -0.4 is 5.32 Å². The van der Waals surface area contributed by atoms with E-state index in [0.29, 0.717) is 36.5 Å². The summed E-state index contributed by atoms with van der Waals surface area (Å²) in [5.41, 5.74) is 2.28. The summed E-state index contributed by atoms with van der Waals surface area (Å²) in [6.07, 6.45) is 0.765. The number of likely N-dealkylation sites (tertiary alicyclic amines) is 1. The van der Waals surface area contributed by atoms with Gasteiger partial charge >= 0.3 is 5.97 Å². The summed E-state index contributed by atoms with van der Waals surface area (Å²) in [6.45, 7) is 2.25. The molecular weight excluding hydrogens is 432 g/mol. The fourth-order valence-electron chi connectivity index (χ4n) is 4.51. The molecule has 2 atom stereocenters. The van der Waals surface area contributed by atoms with E-state index in [1.807, 2.05) is 65.6 Å². The Kier molecular flexibility index (Phi) is 7.11. The standard InChI is InChI=1S/C27H28N2O5/c1-18-23(27(32)33-2)15-21(34-18)16-28-26(31)22-13-14-24(30)29(17-19-9-5-3-6-10-19)25(22)20-11-7-4-8-12-20/h3-12,15,22,25H,13-14,16-17H2,1-2H3,(H,28,31). The first-order valence-corrected chi connectivity index (χ1v) is 11.3. The van der Waals surface area contributed by atoms with Crippen molar-refractivity contribution < 1.29 is 23.5 Å². The summed E-state index contributed by atoms with van der Waals surface area (Å²) >= 11 is 0. The molecule has 7 heteroatoms. The van der Waals surface area contributed by atoms with Gasteiger partial charge in [0.2, 0.25) is 11.8 Å². The van der Waals surface area contributed by atoms with Crippen molar-refractivity contribution in [3.05, 3.63) is 94.9 Å². The SMILES string of the molecule is COC(=O)c1cc(CNC(=O)C2CCC(=O)N(Cc3ccccc3)C2c2ccccc2)oc1C. The first-order chi connectivity index (χ1) is 16.5. The molecule has 1 aromatic heterocycles. The minimum Gasteiger partial charge on any atom is -0.465 e. The Morgan fingerprint density at radius 2 is 1.76 bits per heavy atom. The summed E-state index contributed by atoms with van der Waals surface area (Å²) < 4.78 is 10.4. The maximum Gasteiger partial charge on any atom is 0.341 e. The molecule has 3 aromatic rings. The van der Waals surface area contributed by atoms with Gasteiger partial charge in [0.05, 0.1) is 25.6 Å². The smallest absolute Gasteiger partial charge is 0.341 e. The third-order valence-corrected chi connectivity index (χ3v) is 6.19. The molecule has 4 rings (SSSR count). The Hall–Kier alpha value is -3.87. The number of hydrogen-bond donors (Lipinski definition) is 1. The number of aryl methyl sites for hydroxylation is 1. The van der Waals surface area contributed by atoms with Crippen LogP contribution in [-0.2, 0) is 27.4 Å². The highest BCUT2D eigenvalue weighted by molar-refractivity contribution is 5.90. The fourth-order valence-corrected chi connectivity index (χ4v) is 4.51. The van der Waals surface area contributed by atoms with Gasteiger partial charge in [-0.05, 0) is 30.5 Å². The lowest BCUT2D eigenvalue weighted by Crippen LogP contribution is -2.47. The zero-order valence-corrected chi connectivity index (χ0v) is 19.3. The molecule has 0 saturated carbocycles. The van der Waals surface area contributed by atoms with Crippen molar-refractivity contribution in [2.24, 2.45) is 5.92 Å². The molecule has 0 radical (unpaired) electrons. The lowest BCUT2D eigenvalue weighted by molar-refractivity contribution is -0.144. The van der Waals surface area contributed by atoms with E-state index < -0.39 is 11.9 Å². The highest BCUT2D eigenvalue weighted by atomic mass is 16.5. The van der Waals surface area contributed by atoms with Gasteiger partial charge in [0.25, 0.3) is 0 Å². The Bertz CT molecular complexity index is 1160. The Balaban J connectivity index is 1.56. The number of amides is 2. The van der Waals surface area contributed by atoms with Crippen molar-refractivity contribution in [1.82, 2.24) is 10.2 Å². The molecule has 34 heavy (non-hydrogen) atoms. The molecule has 1 N–H and O–H groups in total. The van der Waals surface area contributed by atoms with Gasteiger partial charge in [-0.2, -0.15) is 0 Å². The van der Waals surface area contributed by atoms with Crippen molar-refractivity contribution in [3.8, 4) is 0 Å². The van der Waals surface area contributed by atoms with Crippen molar-refractivity contribution in [2.45, 2.75) is 38.9 Å². The highest BCUT2D eigenvalue weighted by Gasteiger charge is 2.40. The third kappa shape index (κ3) is 5.03. The molecule has 7 nitrogen and oxygen atoms in total. The second-order valence-electron chi connectivity index (χ2n) is 8.40. The van der Waals surface area contributed by atoms with Crippen LogP contribution in [0.25, 0.3) is 0 Å². The second kappa shape index (κ2) is 10.4. The maximum absolute atomic E-state index is 13.4. The monoisotopic (exact) mass is 460 g/mol. The third-order valence-electron chi connectivity index (χ3n) is 6.19. The van der Waals surface area contributed by atoms with Gasteiger partial charge in [-0.1, -0.05) is 60.7 Å². The lowest BCUT2D eigenvalue weighted by atomic mass is 9.83. The van der Waals surface area contributed by atoms with Crippen molar-refractivity contribution in [3.63, 3.8) is 0 Å². The van der Waals surface area contributed by atoms with Crippen LogP contribution in [0.2, 0.25) is 0 Å². The molecule has 2 amide bonds. The molecule has 176 valence electrons. The first-order valence-electron chi connectivity index (χ1n) is 11.3. The van der Waals surface area contributed by atoms with Crippen LogP contribution in [0.15, 0.2) is 71.1 Å². The van der Waals surface area contributed by atoms with Gasteiger partial charge in [-0.25, -0.2) is 4.79 Å². The van der Waals surface area contributed by atoms with E-state index in [4.69, 9.17) is 9.15 Å². The van der Waals surface area contributed by atoms with E-state index in [-0.39, 0.29) is 24.4 Å². The number of methoxy groups -OCH3 is 1. The molecule has 0 spiro atoms. The van der Waals surface area contributed by atoms with Crippen LogP contribution in [0.4, 0.5) is 0 Å². The number of nitrogens with zero attached hydrogens (tertiary/aromatic N) is 1. The molecular formula is C27H28N2O5. The molecule has 1 aliphatic rings. The van der Waals surface area contributed by atoms with Gasteiger partial charge in [-0.3, -0.25) is 9.59 Å². The summed E-state index contributed by atoms with van der Waals surface area (Å²) in [5.74, 6) is -0.115. The van der Waals surface area contributed by atoms with Crippen LogP contribution >= 0.6 is 0 Å². The molecule has 1 saturated heterocycles. The summed E-state index contributed by atoms with van der Waals surface area (Å²) in [5, 5.41) is 2.94. The Morgan fingerprint density at radius 1 is 1.09 bits per heavy atom. The molecule has 1 fully saturated rings. The molecule has 0 bridgehead atoms. The largest absolute Gasteiger partial charge is 0.465 e. The zero-order valence-electron chi connectivity index (χ0n) is 19.3. The average Bonchev–Trinajstić information content (AvgIpc) is 3.24. The van der Waals surface area contributed by atoms with Gasteiger partial charge in [0.15, 0.2) is 0 Å². The predicted molar refractivity (Wildman–Crippen MR) is 126 cm³/mol. The molecule has 2 aromatic carbocycles. The van der Waals surface area contributed by atoms with Gasteiger partial charge in [0, 0.05) is 13.0 Å². The number of ether oxygens (including phenoxy) is 1. The van der Waals surface area contributed by atoms with Crippen LogP contribution in [0.5, 0.6) is 0 Å². The van der Waals surface area contributed by atoms with E-state index in [9.17, 15) is 14.4 Å². The van der Waals surface area contributed by atoms with Crippen LogP contribution in [-0.4, -0.2) is 29.8 Å². The average molecular weight is 461 g/mol. The number of rotatable bonds is 7. The number of carbonyl (C=O) groups excluding carboxylic acids is 3. The molecule has 2 heterocycles. The van der Waals surface area contributed by atoms with Crippen LogP contribution in [0.3, 0.4) is 0 Å². The van der Waals surface area contributed by atoms with Gasteiger partial charge in [-0.15, -0.1) is 0 Å². The first kappa shape index (κ1) is 23.3. The number of hydrogen-bond acceptors (Lipinski definition) is 5. The van der Waals surface area contributed by atoms with E-state index in [2.05, 4.69) is 5.32 Å². The minimum atomic E-state index is -0.481. The highest BCUT2D eigenvalue weighted by Crippen LogP contribution is 2.38. The van der Waals surface area contributed by atoms with Crippen LogP contribution in [0.1, 0.15) is 51.9 Å². The topological polar surface area (TPSA) is 88.8 Å². The number of furan rings is 1. The quantitative estimate of drug-likeness (QED) is 0.535. The van der Waals surface area contributed by atoms with E-state index in [1.165, 1.54) is 7.11 Å². The summed E-state index contributed by atoms with van der Waals surface area (Å²) in [4.78, 5) is 40.0. The van der Waals surface area contributed by atoms with Crippen LogP contribution in [0, 0.1) is 12.8 Å². The van der Waals surface area contributed by atoms with Crippen molar-refractivity contribution >= 4 is 17.8 Å². The second-order valence-corrected chi connectivity index (χ2v) is 8.40. The molecule has 2 unspecified atom stereocenters.